The Balaban J connectivity index is 1.18. The highest BCUT2D eigenvalue weighted by molar-refractivity contribution is 6.13. The maximum atomic E-state index is 5.36. The number of rotatable bonds is 12. The van der Waals surface area contributed by atoms with Crippen LogP contribution in [0.3, 0.4) is 0 Å². The van der Waals surface area contributed by atoms with Crippen LogP contribution in [0, 0.1) is 0 Å². The molecular weight excluding hydrogens is 615 g/mol. The van der Waals surface area contributed by atoms with E-state index in [2.05, 4.69) is 160 Å². The minimum absolute atomic E-state index is 0.190. The van der Waals surface area contributed by atoms with Crippen molar-refractivity contribution in [3.05, 3.63) is 186 Å². The number of nitrogens with zero attached hydrogens (tertiary/aromatic N) is 1. The standard InChI is InChI=1S/C50H49N/c1-4-5-6-8-15-38-22-24-44(25-23-38)50(51-37(3)40-28-30-42(31-29-40)41-16-9-7-10-17-41)34-36(2)39-26-32-43(33-27-39)49-35-45-18-11-12-19-46(45)47-20-13-14-21-48(47)49/h4,7,9,11-14,16,18-28,30,32-36H,1,5-6,8,10,15,17,29,31H2,2-3H3/b50-34-,51-37+. The monoisotopic (exact) mass is 663 g/mol. The summed E-state index contributed by atoms with van der Waals surface area (Å²) in [4.78, 5) is 5.36. The third-order valence-corrected chi connectivity index (χ3v) is 10.6. The lowest BCUT2D eigenvalue weighted by Gasteiger charge is -2.19. The first-order valence-electron chi connectivity index (χ1n) is 18.8. The molecule has 0 N–H and O–H groups in total. The molecule has 0 fully saturated rings. The predicted octanol–water partition coefficient (Wildman–Crippen LogP) is 14.1. The van der Waals surface area contributed by atoms with Crippen LogP contribution in [-0.2, 0) is 6.42 Å². The quantitative estimate of drug-likeness (QED) is 0.0545. The van der Waals surface area contributed by atoms with Gasteiger partial charge in [-0.25, -0.2) is 0 Å². The molecule has 0 amide bonds. The summed E-state index contributed by atoms with van der Waals surface area (Å²) in [6.07, 6.45) is 24.7. The van der Waals surface area contributed by atoms with E-state index in [1.165, 1.54) is 78.9 Å². The van der Waals surface area contributed by atoms with Crippen molar-refractivity contribution in [3.8, 4) is 11.1 Å². The summed E-state index contributed by atoms with van der Waals surface area (Å²) in [5.74, 6) is 0.190. The lowest BCUT2D eigenvalue weighted by molar-refractivity contribution is 0.748. The highest BCUT2D eigenvalue weighted by Gasteiger charge is 2.15. The molecule has 7 rings (SSSR count). The Bertz CT molecular complexity index is 2210. The summed E-state index contributed by atoms with van der Waals surface area (Å²) in [5.41, 5.74) is 12.8. The van der Waals surface area contributed by atoms with Crippen LogP contribution in [0.1, 0.15) is 81.4 Å². The summed E-state index contributed by atoms with van der Waals surface area (Å²) >= 11 is 0. The van der Waals surface area contributed by atoms with E-state index in [0.29, 0.717) is 0 Å². The van der Waals surface area contributed by atoms with Gasteiger partial charge >= 0.3 is 0 Å². The van der Waals surface area contributed by atoms with Crippen LogP contribution in [0.2, 0.25) is 0 Å². The van der Waals surface area contributed by atoms with Gasteiger partial charge in [-0.15, -0.1) is 6.58 Å². The van der Waals surface area contributed by atoms with Gasteiger partial charge in [0.15, 0.2) is 0 Å². The van der Waals surface area contributed by atoms with Crippen LogP contribution in [0.25, 0.3) is 38.4 Å². The molecule has 0 spiro atoms. The zero-order valence-corrected chi connectivity index (χ0v) is 30.2. The molecule has 2 aliphatic rings. The zero-order valence-electron chi connectivity index (χ0n) is 30.2. The molecule has 0 saturated carbocycles. The van der Waals surface area contributed by atoms with Crippen molar-refractivity contribution in [3.63, 3.8) is 0 Å². The van der Waals surface area contributed by atoms with Crippen molar-refractivity contribution in [2.75, 3.05) is 0 Å². The molecule has 0 aromatic heterocycles. The first-order valence-corrected chi connectivity index (χ1v) is 18.8. The summed E-state index contributed by atoms with van der Waals surface area (Å²) in [7, 11) is 0. The summed E-state index contributed by atoms with van der Waals surface area (Å²) in [5, 5.41) is 5.17. The largest absolute Gasteiger partial charge is 0.253 e. The number of benzene rings is 5. The Morgan fingerprint density at radius 2 is 1.51 bits per heavy atom. The Hall–Kier alpha value is -5.27. The van der Waals surface area contributed by atoms with Gasteiger partial charge in [-0.05, 0) is 130 Å². The number of aliphatic imine (C=N–C) groups is 1. The number of allylic oxidation sites excluding steroid dienone is 10. The van der Waals surface area contributed by atoms with E-state index in [1.807, 2.05) is 6.08 Å². The zero-order chi connectivity index (χ0) is 35.0. The van der Waals surface area contributed by atoms with Gasteiger partial charge in [0.25, 0.3) is 0 Å². The van der Waals surface area contributed by atoms with Gasteiger partial charge in [0.2, 0.25) is 0 Å². The molecule has 1 nitrogen and oxygen atoms in total. The highest BCUT2D eigenvalue weighted by Crippen LogP contribution is 2.36. The number of hydrogen-bond donors (Lipinski definition) is 0. The average Bonchev–Trinajstić information content (AvgIpc) is 3.19. The van der Waals surface area contributed by atoms with Crippen molar-refractivity contribution >= 4 is 33.0 Å². The molecule has 0 saturated heterocycles. The van der Waals surface area contributed by atoms with Crippen LogP contribution in [0.15, 0.2) is 174 Å². The third kappa shape index (κ3) is 8.05. The fourth-order valence-electron chi connectivity index (χ4n) is 7.58. The number of fused-ring (bicyclic) bond motifs is 3. The molecule has 0 radical (unpaired) electrons. The van der Waals surface area contributed by atoms with Crippen molar-refractivity contribution in [1.82, 2.24) is 0 Å². The number of hydrogen-bond acceptors (Lipinski definition) is 1. The van der Waals surface area contributed by atoms with Gasteiger partial charge in [-0.2, -0.15) is 0 Å². The van der Waals surface area contributed by atoms with Gasteiger partial charge < -0.3 is 0 Å². The highest BCUT2D eigenvalue weighted by atomic mass is 14.8. The Morgan fingerprint density at radius 3 is 2.24 bits per heavy atom. The Kier molecular flexibility index (Phi) is 10.8. The lowest BCUT2D eigenvalue weighted by Crippen LogP contribution is -2.05. The molecule has 1 unspecified atom stereocenters. The lowest BCUT2D eigenvalue weighted by atomic mass is 9.88. The van der Waals surface area contributed by atoms with Crippen molar-refractivity contribution < 1.29 is 0 Å². The predicted molar refractivity (Wildman–Crippen MR) is 222 cm³/mol. The van der Waals surface area contributed by atoms with Gasteiger partial charge in [0.05, 0.1) is 5.70 Å². The minimum atomic E-state index is 0.190. The second-order valence-electron chi connectivity index (χ2n) is 14.1. The molecule has 5 aromatic rings. The summed E-state index contributed by atoms with van der Waals surface area (Å²) in [6, 6.07) is 38.1. The van der Waals surface area contributed by atoms with Gasteiger partial charge in [-0.3, -0.25) is 4.99 Å². The molecule has 5 aromatic carbocycles. The molecule has 254 valence electrons. The molecule has 1 heteroatoms. The van der Waals surface area contributed by atoms with E-state index < -0.39 is 0 Å². The van der Waals surface area contributed by atoms with Gasteiger partial charge in [0, 0.05) is 11.6 Å². The smallest absolute Gasteiger partial charge is 0.0671 e. The molecule has 0 aliphatic heterocycles. The van der Waals surface area contributed by atoms with E-state index >= 15 is 0 Å². The summed E-state index contributed by atoms with van der Waals surface area (Å²) in [6.45, 7) is 8.35. The normalized spacial score (nSPS) is 15.8. The SMILES string of the molecule is C=CCCCCc1ccc(C(=C/C(C)c2ccc(-c3cc4ccccc4c4ccccc34)cc2)/N=C(\C)C2=CC=C(C3=CC=CCC3)CC2)cc1. The Labute approximate surface area is 304 Å². The second-order valence-corrected chi connectivity index (χ2v) is 14.1. The van der Waals surface area contributed by atoms with Gasteiger partial charge in [-0.1, -0.05) is 147 Å². The minimum Gasteiger partial charge on any atom is -0.253 e. The summed E-state index contributed by atoms with van der Waals surface area (Å²) < 4.78 is 0. The van der Waals surface area contributed by atoms with Crippen LogP contribution >= 0.6 is 0 Å². The van der Waals surface area contributed by atoms with E-state index in [-0.39, 0.29) is 5.92 Å². The van der Waals surface area contributed by atoms with Crippen LogP contribution in [0.4, 0.5) is 0 Å². The fourth-order valence-corrected chi connectivity index (χ4v) is 7.58. The van der Waals surface area contributed by atoms with E-state index in [1.54, 1.807) is 0 Å². The molecule has 2 aliphatic carbocycles. The maximum absolute atomic E-state index is 5.36. The third-order valence-electron chi connectivity index (χ3n) is 10.6. The molecule has 51 heavy (non-hydrogen) atoms. The van der Waals surface area contributed by atoms with E-state index in [4.69, 9.17) is 4.99 Å². The van der Waals surface area contributed by atoms with Crippen LogP contribution in [0.5, 0.6) is 0 Å². The fraction of sp³-hybridized carbons (Fsp3) is 0.220. The topological polar surface area (TPSA) is 12.4 Å². The van der Waals surface area contributed by atoms with Crippen molar-refractivity contribution in [2.45, 2.75) is 71.1 Å². The molecule has 1 atom stereocenters. The molecular formula is C50H49N. The van der Waals surface area contributed by atoms with Gasteiger partial charge in [0.1, 0.15) is 0 Å². The average molecular weight is 664 g/mol. The van der Waals surface area contributed by atoms with Crippen LogP contribution in [-0.4, -0.2) is 5.71 Å². The molecule has 0 heterocycles. The second kappa shape index (κ2) is 16.2. The van der Waals surface area contributed by atoms with E-state index in [9.17, 15) is 0 Å². The van der Waals surface area contributed by atoms with Crippen molar-refractivity contribution in [2.24, 2.45) is 4.99 Å². The first kappa shape index (κ1) is 34.2. The number of aryl methyl sites for hydroxylation is 1. The molecule has 0 bridgehead atoms. The first-order chi connectivity index (χ1) is 25.1. The number of unbranched alkanes of at least 4 members (excludes halogenated alkanes) is 2. The van der Waals surface area contributed by atoms with Crippen molar-refractivity contribution in [1.29, 1.82) is 0 Å². The maximum Gasteiger partial charge on any atom is 0.0671 e. The van der Waals surface area contributed by atoms with Crippen LogP contribution < -0.4 is 0 Å². The van der Waals surface area contributed by atoms with E-state index in [0.717, 1.165) is 49.9 Å². The Morgan fingerprint density at radius 1 is 0.765 bits per heavy atom.